The van der Waals surface area contributed by atoms with Crippen molar-refractivity contribution in [2.75, 3.05) is 0 Å². The molecule has 3 aromatic carbocycles. The van der Waals surface area contributed by atoms with Crippen molar-refractivity contribution in [2.24, 2.45) is 5.73 Å². The van der Waals surface area contributed by atoms with Crippen LogP contribution in [0.1, 0.15) is 21.5 Å². The third kappa shape index (κ3) is 7.28. The Morgan fingerprint density at radius 3 is 2.32 bits per heavy atom. The maximum atomic E-state index is 13.7. The summed E-state index contributed by atoms with van der Waals surface area (Å²) in [5.41, 5.74) is 9.47. The molecule has 1 radical (unpaired) electrons. The number of ketones is 1. The van der Waals surface area contributed by atoms with E-state index in [1.165, 1.54) is 12.3 Å². The zero-order valence-corrected chi connectivity index (χ0v) is 19.8. The van der Waals surface area contributed by atoms with Crippen molar-refractivity contribution in [1.82, 2.24) is 4.98 Å². The number of rotatable bonds is 5. The molecule has 31 heavy (non-hydrogen) atoms. The summed E-state index contributed by atoms with van der Waals surface area (Å²) in [4.78, 5) is 16.2. The van der Waals surface area contributed by atoms with Gasteiger partial charge in [-0.05, 0) is 17.2 Å². The van der Waals surface area contributed by atoms with Gasteiger partial charge in [0.1, 0.15) is 5.82 Å². The fourth-order valence-electron chi connectivity index (χ4n) is 2.92. The topological polar surface area (TPSA) is 56.0 Å². The summed E-state index contributed by atoms with van der Waals surface area (Å²) in [5, 5.41) is 0. The predicted octanol–water partition coefficient (Wildman–Crippen LogP) is 5.06. The van der Waals surface area contributed by atoms with E-state index < -0.39 is 5.82 Å². The van der Waals surface area contributed by atoms with Crippen LogP contribution < -0.4 is 5.73 Å². The number of carbonyl (C=O) groups excluding carboxylic acids is 1. The molecule has 0 aliphatic carbocycles. The van der Waals surface area contributed by atoms with Crippen LogP contribution in [0.25, 0.3) is 11.1 Å². The predicted molar refractivity (Wildman–Crippen MR) is 116 cm³/mol. The summed E-state index contributed by atoms with van der Waals surface area (Å²) in [5.74, 6) is -0.618. The van der Waals surface area contributed by atoms with Gasteiger partial charge in [0.15, 0.2) is 5.78 Å². The van der Waals surface area contributed by atoms with Gasteiger partial charge in [0.05, 0.1) is 6.20 Å². The monoisotopic (exact) mass is 485 g/mol. The fraction of sp³-hybridized carbons (Fsp3) is 0.0769. The van der Waals surface area contributed by atoms with Gasteiger partial charge < -0.3 is 5.73 Å². The van der Waals surface area contributed by atoms with E-state index in [4.69, 9.17) is 5.73 Å². The summed E-state index contributed by atoms with van der Waals surface area (Å²) in [7, 11) is 0. The van der Waals surface area contributed by atoms with Crippen LogP contribution in [0.3, 0.4) is 0 Å². The minimum atomic E-state index is -0.470. The number of carbonyl (C=O) groups is 1. The molecule has 0 unspecified atom stereocenters. The van der Waals surface area contributed by atoms with Crippen LogP contribution >= 0.6 is 0 Å². The van der Waals surface area contributed by atoms with E-state index in [0.29, 0.717) is 17.7 Å². The Morgan fingerprint density at radius 2 is 1.74 bits per heavy atom. The molecule has 1 heterocycles. The van der Waals surface area contributed by atoms with Gasteiger partial charge >= 0.3 is 0 Å². The SMILES string of the molecule is NCc1ccc(C(=O)Cc2ccncc2F)cc1-c1c[c-]ccc1.[Y].[c-]1ccccc1. The summed E-state index contributed by atoms with van der Waals surface area (Å²) < 4.78 is 13.7. The molecule has 0 spiro atoms. The van der Waals surface area contributed by atoms with Crippen LogP contribution in [-0.4, -0.2) is 10.8 Å². The number of benzene rings is 3. The summed E-state index contributed by atoms with van der Waals surface area (Å²) in [6, 6.07) is 29.9. The van der Waals surface area contributed by atoms with Crippen molar-refractivity contribution in [1.29, 1.82) is 0 Å². The van der Waals surface area contributed by atoms with E-state index in [0.717, 1.165) is 22.9 Å². The molecule has 0 saturated carbocycles. The molecular weight excluding hydrogens is 464 g/mol. The second kappa shape index (κ2) is 13.0. The van der Waals surface area contributed by atoms with E-state index in [-0.39, 0.29) is 44.9 Å². The van der Waals surface area contributed by atoms with E-state index in [2.05, 4.69) is 17.1 Å². The van der Waals surface area contributed by atoms with Gasteiger partial charge in [-0.15, -0.1) is 5.56 Å². The number of halogens is 1. The first-order valence-electron chi connectivity index (χ1n) is 9.51. The maximum Gasteiger partial charge on any atom is 0.167 e. The van der Waals surface area contributed by atoms with Crippen molar-refractivity contribution < 1.29 is 41.9 Å². The zero-order chi connectivity index (χ0) is 21.2. The van der Waals surface area contributed by atoms with Crippen LogP contribution in [0.2, 0.25) is 0 Å². The molecule has 0 fully saturated rings. The molecule has 0 saturated heterocycles. The van der Waals surface area contributed by atoms with E-state index in [9.17, 15) is 9.18 Å². The van der Waals surface area contributed by atoms with Crippen LogP contribution in [-0.2, 0) is 45.7 Å². The van der Waals surface area contributed by atoms with Gasteiger partial charge in [-0.2, -0.15) is 66.7 Å². The molecule has 0 amide bonds. The van der Waals surface area contributed by atoms with E-state index >= 15 is 0 Å². The second-order valence-electron chi connectivity index (χ2n) is 6.51. The van der Waals surface area contributed by atoms with Gasteiger partial charge in [0.25, 0.3) is 0 Å². The van der Waals surface area contributed by atoms with Crippen molar-refractivity contribution in [2.45, 2.75) is 13.0 Å². The first kappa shape index (κ1) is 24.7. The average Bonchev–Trinajstić information content (AvgIpc) is 2.82. The standard InChI is InChI=1S/C20H16FN2O.C6H5.Y/c21-19-13-23-9-8-15(19)11-20(24)16-6-7-17(12-22)18(10-16)14-4-2-1-3-5-14;1-2-4-6-5-3-1;/h1-2,4-10,13H,11-12,22H2;1-5H;/q2*-1;. The minimum absolute atomic E-state index is 0. The summed E-state index contributed by atoms with van der Waals surface area (Å²) in [6.45, 7) is 0.373. The quantitative estimate of drug-likeness (QED) is 0.318. The second-order valence-corrected chi connectivity index (χ2v) is 6.51. The Bertz CT molecular complexity index is 1060. The molecular formula is C26H21FN2OY-2. The molecule has 0 bridgehead atoms. The Hall–Kier alpha value is -2.53. The number of nitrogens with two attached hydrogens (primary N) is 1. The van der Waals surface area contributed by atoms with Crippen molar-refractivity contribution in [3.8, 4) is 11.1 Å². The Morgan fingerprint density at radius 1 is 0.968 bits per heavy atom. The molecule has 0 aliphatic rings. The van der Waals surface area contributed by atoms with Gasteiger partial charge in [0.2, 0.25) is 0 Å². The van der Waals surface area contributed by atoms with Gasteiger partial charge in [-0.1, -0.05) is 23.8 Å². The molecule has 2 N–H and O–H groups in total. The first-order chi connectivity index (χ1) is 14.7. The average molecular weight is 485 g/mol. The van der Waals surface area contributed by atoms with Gasteiger partial charge in [-0.3, -0.25) is 9.78 Å². The number of pyridine rings is 1. The largest absolute Gasteiger partial charge is 0.327 e. The Kier molecular flexibility index (Phi) is 10.4. The Balaban J connectivity index is 0.000000422. The zero-order valence-electron chi connectivity index (χ0n) is 17.0. The third-order valence-corrected chi connectivity index (χ3v) is 4.48. The molecule has 5 heteroatoms. The number of hydrogen-bond donors (Lipinski definition) is 1. The molecule has 3 nitrogen and oxygen atoms in total. The van der Waals surface area contributed by atoms with Crippen LogP contribution in [0.15, 0.2) is 91.3 Å². The van der Waals surface area contributed by atoms with Crippen LogP contribution in [0.4, 0.5) is 4.39 Å². The van der Waals surface area contributed by atoms with Crippen molar-refractivity contribution in [3.63, 3.8) is 0 Å². The third-order valence-electron chi connectivity index (χ3n) is 4.48. The van der Waals surface area contributed by atoms with Gasteiger partial charge in [-0.25, -0.2) is 4.39 Å². The normalized spacial score (nSPS) is 9.74. The van der Waals surface area contributed by atoms with E-state index in [1.807, 2.05) is 66.7 Å². The number of nitrogens with zero attached hydrogens (tertiary/aromatic N) is 1. The van der Waals surface area contributed by atoms with Crippen molar-refractivity contribution in [3.05, 3.63) is 126 Å². The van der Waals surface area contributed by atoms with Gasteiger partial charge in [0, 0.05) is 57.4 Å². The van der Waals surface area contributed by atoms with Crippen molar-refractivity contribution >= 4 is 5.78 Å². The fourth-order valence-corrected chi connectivity index (χ4v) is 2.92. The minimum Gasteiger partial charge on any atom is -0.327 e. The number of Topliss-reactive ketones (excluding diaryl/α,β-unsaturated/α-hetero) is 1. The molecule has 0 aliphatic heterocycles. The van der Waals surface area contributed by atoms with E-state index in [1.54, 1.807) is 6.07 Å². The first-order valence-corrected chi connectivity index (χ1v) is 9.51. The summed E-state index contributed by atoms with van der Waals surface area (Å²) in [6.07, 6.45) is 2.59. The Labute approximate surface area is 207 Å². The summed E-state index contributed by atoms with van der Waals surface area (Å²) >= 11 is 0. The smallest absolute Gasteiger partial charge is 0.167 e. The molecule has 4 rings (SSSR count). The number of aromatic nitrogens is 1. The molecule has 4 aromatic rings. The number of hydrogen-bond acceptors (Lipinski definition) is 3. The molecule has 0 atom stereocenters. The molecule has 153 valence electrons. The van der Waals surface area contributed by atoms with Crippen LogP contribution in [0.5, 0.6) is 0 Å². The maximum absolute atomic E-state index is 13.7. The molecule has 1 aromatic heterocycles. The van der Waals surface area contributed by atoms with Crippen LogP contribution in [0, 0.1) is 17.9 Å².